The van der Waals surface area contributed by atoms with Gasteiger partial charge in [0.05, 0.1) is 24.7 Å². The van der Waals surface area contributed by atoms with E-state index in [1.165, 1.54) is 12.1 Å². The maximum atomic E-state index is 12.6. The van der Waals surface area contributed by atoms with Crippen molar-refractivity contribution < 1.29 is 26.9 Å². The van der Waals surface area contributed by atoms with Crippen molar-refractivity contribution in [3.63, 3.8) is 0 Å². The highest BCUT2D eigenvalue weighted by Crippen LogP contribution is 2.59. The van der Waals surface area contributed by atoms with E-state index in [9.17, 15) is 13.2 Å². The fourth-order valence-electron chi connectivity index (χ4n) is 4.98. The van der Waals surface area contributed by atoms with Crippen LogP contribution < -0.4 is 0 Å². The molecule has 1 saturated heterocycles. The first-order chi connectivity index (χ1) is 12.7. The number of hydrogen-bond acceptors (Lipinski definition) is 6. The van der Waals surface area contributed by atoms with Crippen molar-refractivity contribution in [1.29, 1.82) is 0 Å². The lowest BCUT2D eigenvalue weighted by Gasteiger charge is -2.40. The van der Waals surface area contributed by atoms with Crippen molar-refractivity contribution >= 4 is 15.9 Å². The quantitative estimate of drug-likeness (QED) is 0.731. The van der Waals surface area contributed by atoms with Gasteiger partial charge in [0.1, 0.15) is 5.78 Å². The third-order valence-corrected chi connectivity index (χ3v) is 7.76. The number of benzene rings is 1. The van der Waals surface area contributed by atoms with Crippen molar-refractivity contribution in [3.8, 4) is 0 Å². The Morgan fingerprint density at radius 1 is 1.19 bits per heavy atom. The fraction of sp³-hybridized carbons (Fsp3) is 0.650. The monoisotopic (exact) mass is 394 g/mol. The second-order valence-electron chi connectivity index (χ2n) is 8.37. The first kappa shape index (κ1) is 19.1. The van der Waals surface area contributed by atoms with E-state index in [4.69, 9.17) is 13.7 Å². The van der Waals surface area contributed by atoms with Gasteiger partial charge in [0, 0.05) is 25.2 Å². The smallest absolute Gasteiger partial charge is 0.296 e. The molecule has 4 rings (SSSR count). The molecule has 1 aromatic rings. The summed E-state index contributed by atoms with van der Waals surface area (Å²) in [4.78, 5) is 12.7. The zero-order valence-corrected chi connectivity index (χ0v) is 16.6. The summed E-state index contributed by atoms with van der Waals surface area (Å²) in [6.45, 7) is 5.07. The van der Waals surface area contributed by atoms with Crippen LogP contribution >= 0.6 is 0 Å². The van der Waals surface area contributed by atoms with E-state index in [0.717, 1.165) is 18.4 Å². The van der Waals surface area contributed by atoms with Crippen LogP contribution in [0.4, 0.5) is 0 Å². The molecular formula is C20H26O6S. The Labute approximate surface area is 160 Å². The Bertz CT molecular complexity index is 825. The number of ketones is 1. The zero-order valence-electron chi connectivity index (χ0n) is 15.8. The van der Waals surface area contributed by atoms with Gasteiger partial charge in [0.2, 0.25) is 0 Å². The van der Waals surface area contributed by atoms with Gasteiger partial charge in [0.25, 0.3) is 10.1 Å². The Morgan fingerprint density at radius 2 is 1.85 bits per heavy atom. The number of fused-ring (bicyclic) bond motifs is 1. The molecule has 1 aromatic carbocycles. The van der Waals surface area contributed by atoms with Crippen molar-refractivity contribution in [2.75, 3.05) is 19.8 Å². The van der Waals surface area contributed by atoms with Gasteiger partial charge in [-0.15, -0.1) is 0 Å². The van der Waals surface area contributed by atoms with Crippen molar-refractivity contribution in [2.24, 2.45) is 17.3 Å². The average molecular weight is 394 g/mol. The molecule has 6 nitrogen and oxygen atoms in total. The van der Waals surface area contributed by atoms with Crippen LogP contribution in [-0.2, 0) is 28.6 Å². The van der Waals surface area contributed by atoms with Gasteiger partial charge in [-0.1, -0.05) is 24.6 Å². The fourth-order valence-corrected chi connectivity index (χ4v) is 5.91. The number of ether oxygens (including phenoxy) is 2. The molecule has 0 N–H and O–H groups in total. The maximum Gasteiger partial charge on any atom is 0.296 e. The van der Waals surface area contributed by atoms with Gasteiger partial charge in [-0.3, -0.25) is 8.98 Å². The summed E-state index contributed by atoms with van der Waals surface area (Å²) in [6.07, 6.45) is 2.60. The summed E-state index contributed by atoms with van der Waals surface area (Å²) in [5.74, 6) is -0.981. The zero-order chi connectivity index (χ0) is 19.3. The number of carbonyl (C=O) groups is 1. The Kier molecular flexibility index (Phi) is 4.70. The predicted octanol–water partition coefficient (Wildman–Crippen LogP) is 2.84. The van der Waals surface area contributed by atoms with Gasteiger partial charge >= 0.3 is 0 Å². The standard InChI is InChI=1S/C20H26O6S/c1-14-3-5-15(6-4-14)27(22,23)26-12-16-17-11-20(24-9-10-25-20)13-19(17,2)8-7-18(16)21/h3-6,16-17H,7-13H2,1-2H3/t16-,17-,19+/m0/s1. The van der Waals surface area contributed by atoms with Crippen LogP contribution in [0.15, 0.2) is 29.2 Å². The average Bonchev–Trinajstić information content (AvgIpc) is 3.18. The molecule has 0 amide bonds. The molecule has 0 unspecified atom stereocenters. The minimum atomic E-state index is -3.89. The molecular weight excluding hydrogens is 368 g/mol. The van der Waals surface area contributed by atoms with Crippen molar-refractivity contribution in [1.82, 2.24) is 0 Å². The first-order valence-corrected chi connectivity index (χ1v) is 10.9. The van der Waals surface area contributed by atoms with E-state index >= 15 is 0 Å². The van der Waals surface area contributed by atoms with E-state index in [1.807, 2.05) is 6.92 Å². The second kappa shape index (κ2) is 6.65. The van der Waals surface area contributed by atoms with E-state index in [1.54, 1.807) is 12.1 Å². The molecule has 0 aromatic heterocycles. The molecule has 1 spiro atoms. The lowest BCUT2D eigenvalue weighted by Crippen LogP contribution is -2.41. The minimum Gasteiger partial charge on any atom is -0.348 e. The third-order valence-electron chi connectivity index (χ3n) is 6.47. The lowest BCUT2D eigenvalue weighted by molar-refractivity contribution is -0.157. The minimum absolute atomic E-state index is 0.00469. The number of rotatable bonds is 4. The molecule has 0 radical (unpaired) electrons. The maximum absolute atomic E-state index is 12.6. The van der Waals surface area contributed by atoms with Crippen LogP contribution in [-0.4, -0.2) is 39.8 Å². The molecule has 1 heterocycles. The Balaban J connectivity index is 1.52. The molecule has 2 aliphatic carbocycles. The molecule has 27 heavy (non-hydrogen) atoms. The van der Waals surface area contributed by atoms with Gasteiger partial charge in [-0.25, -0.2) is 0 Å². The van der Waals surface area contributed by atoms with Crippen LogP contribution in [0, 0.1) is 24.2 Å². The van der Waals surface area contributed by atoms with Crippen LogP contribution in [0.3, 0.4) is 0 Å². The highest BCUT2D eigenvalue weighted by Gasteiger charge is 2.60. The highest BCUT2D eigenvalue weighted by atomic mass is 32.2. The molecule has 3 fully saturated rings. The molecule has 3 aliphatic rings. The van der Waals surface area contributed by atoms with E-state index in [2.05, 4.69) is 6.92 Å². The van der Waals surface area contributed by atoms with Crippen molar-refractivity contribution in [3.05, 3.63) is 29.8 Å². The van der Waals surface area contributed by atoms with E-state index in [0.29, 0.717) is 26.1 Å². The second-order valence-corrected chi connectivity index (χ2v) is 9.99. The summed E-state index contributed by atoms with van der Waals surface area (Å²) >= 11 is 0. The van der Waals surface area contributed by atoms with Crippen LogP contribution in [0.1, 0.15) is 38.2 Å². The summed E-state index contributed by atoms with van der Waals surface area (Å²) in [6, 6.07) is 6.52. The molecule has 2 saturated carbocycles. The van der Waals surface area contributed by atoms with E-state index in [-0.39, 0.29) is 28.6 Å². The summed E-state index contributed by atoms with van der Waals surface area (Å²) < 4.78 is 42.2. The molecule has 3 atom stereocenters. The molecule has 7 heteroatoms. The van der Waals surface area contributed by atoms with Gasteiger partial charge in [0.15, 0.2) is 5.79 Å². The summed E-state index contributed by atoms with van der Waals surface area (Å²) in [5.41, 5.74) is 0.875. The molecule has 148 valence electrons. The number of hydrogen-bond donors (Lipinski definition) is 0. The largest absolute Gasteiger partial charge is 0.348 e. The Hall–Kier alpha value is -1.28. The van der Waals surface area contributed by atoms with Crippen LogP contribution in [0.25, 0.3) is 0 Å². The van der Waals surface area contributed by atoms with Crippen molar-refractivity contribution in [2.45, 2.75) is 50.2 Å². The van der Waals surface area contributed by atoms with Gasteiger partial charge in [-0.2, -0.15) is 8.42 Å². The number of carbonyl (C=O) groups excluding carboxylic acids is 1. The normalized spacial score (nSPS) is 32.7. The SMILES string of the molecule is Cc1ccc(S(=O)(=O)OC[C@@H]2C(=O)CC[C@]3(C)CC4(C[C@@H]23)OCCO4)cc1. The van der Waals surface area contributed by atoms with Crippen LogP contribution in [0.2, 0.25) is 0 Å². The number of aryl methyl sites for hydroxylation is 1. The lowest BCUT2D eigenvalue weighted by atomic mass is 9.64. The third kappa shape index (κ3) is 3.46. The molecule has 0 bridgehead atoms. The van der Waals surface area contributed by atoms with Gasteiger partial charge in [-0.05, 0) is 36.8 Å². The summed E-state index contributed by atoms with van der Waals surface area (Å²) in [7, 11) is -3.89. The Morgan fingerprint density at radius 3 is 2.52 bits per heavy atom. The highest BCUT2D eigenvalue weighted by molar-refractivity contribution is 7.86. The van der Waals surface area contributed by atoms with Crippen LogP contribution in [0.5, 0.6) is 0 Å². The predicted molar refractivity (Wildman–Crippen MR) is 97.5 cm³/mol. The summed E-state index contributed by atoms with van der Waals surface area (Å²) in [5, 5.41) is 0. The first-order valence-electron chi connectivity index (χ1n) is 9.50. The van der Waals surface area contributed by atoms with E-state index < -0.39 is 21.8 Å². The number of Topliss-reactive ketones (excluding diaryl/α,β-unsaturated/α-hetero) is 1. The molecule has 1 aliphatic heterocycles. The topological polar surface area (TPSA) is 78.9 Å². The van der Waals surface area contributed by atoms with Gasteiger partial charge < -0.3 is 9.47 Å².